The molecule has 0 unspecified atom stereocenters. The van der Waals surface area contributed by atoms with E-state index in [0.29, 0.717) is 15.7 Å². The molecule has 0 heterocycles. The van der Waals surface area contributed by atoms with Gasteiger partial charge in [-0.2, -0.15) is 0 Å². The molecule has 0 spiro atoms. The summed E-state index contributed by atoms with van der Waals surface area (Å²) in [6, 6.07) is 15.9. The summed E-state index contributed by atoms with van der Waals surface area (Å²) < 4.78 is 25.8. The zero-order valence-electron chi connectivity index (χ0n) is 12.6. The van der Waals surface area contributed by atoms with Crippen LogP contribution in [0.25, 0.3) is 0 Å². The van der Waals surface area contributed by atoms with Gasteiger partial charge in [0.15, 0.2) is 0 Å². The van der Waals surface area contributed by atoms with Crippen LogP contribution < -0.4 is 9.62 Å². The van der Waals surface area contributed by atoms with Crippen molar-refractivity contribution in [3.8, 4) is 0 Å². The van der Waals surface area contributed by atoms with Crippen molar-refractivity contribution in [2.45, 2.75) is 0 Å². The maximum Gasteiger partial charge on any atom is 0.252 e. The first-order valence-electron chi connectivity index (χ1n) is 6.95. The summed E-state index contributed by atoms with van der Waals surface area (Å²) in [6.45, 7) is 0.376. The molecule has 2 rings (SSSR count). The van der Waals surface area contributed by atoms with Crippen molar-refractivity contribution in [3.05, 3.63) is 64.6 Å². The number of amides is 1. The minimum atomic E-state index is -3.42. The maximum atomic E-state index is 12.1. The Morgan fingerprint density at radius 2 is 1.70 bits per heavy atom. The van der Waals surface area contributed by atoms with E-state index in [2.05, 4.69) is 21.2 Å². The molecule has 23 heavy (non-hydrogen) atoms. The second-order valence-electron chi connectivity index (χ2n) is 4.91. The highest BCUT2D eigenvalue weighted by atomic mass is 79.9. The van der Waals surface area contributed by atoms with Gasteiger partial charge in [0.05, 0.1) is 24.1 Å². The van der Waals surface area contributed by atoms with Crippen LogP contribution in [0.5, 0.6) is 0 Å². The third kappa shape index (κ3) is 4.80. The van der Waals surface area contributed by atoms with E-state index in [-0.39, 0.29) is 19.0 Å². The van der Waals surface area contributed by atoms with Crippen LogP contribution in [0, 0.1) is 0 Å². The molecule has 0 aliphatic carbocycles. The molecular formula is C16H17BrN2O3S. The van der Waals surface area contributed by atoms with Crippen LogP contribution in [0.15, 0.2) is 59.1 Å². The molecule has 0 fully saturated rings. The number of carbonyl (C=O) groups is 1. The van der Waals surface area contributed by atoms with Gasteiger partial charge in [0.25, 0.3) is 5.91 Å². The van der Waals surface area contributed by atoms with Crippen molar-refractivity contribution >= 4 is 37.5 Å². The Hall–Kier alpha value is -1.86. The molecule has 0 bridgehead atoms. The number of carbonyl (C=O) groups excluding carboxylic acids is 1. The summed E-state index contributed by atoms with van der Waals surface area (Å²) in [7, 11) is -3.42. The van der Waals surface area contributed by atoms with Gasteiger partial charge in [-0.15, -0.1) is 0 Å². The van der Waals surface area contributed by atoms with Gasteiger partial charge in [-0.05, 0) is 40.2 Å². The lowest BCUT2D eigenvalue weighted by Crippen LogP contribution is -2.38. The Morgan fingerprint density at radius 1 is 1.09 bits per heavy atom. The highest BCUT2D eigenvalue weighted by Gasteiger charge is 2.17. The Morgan fingerprint density at radius 3 is 2.30 bits per heavy atom. The summed E-state index contributed by atoms with van der Waals surface area (Å²) in [4.78, 5) is 12.1. The monoisotopic (exact) mass is 396 g/mol. The maximum absolute atomic E-state index is 12.1. The topological polar surface area (TPSA) is 66.5 Å². The third-order valence-electron chi connectivity index (χ3n) is 3.16. The Kier molecular flexibility index (Phi) is 5.79. The number of sulfonamides is 1. The SMILES string of the molecule is CS(=O)(=O)N(CCNC(=O)c1ccccc1Br)c1ccccc1. The van der Waals surface area contributed by atoms with Crippen LogP contribution in [0.1, 0.15) is 10.4 Å². The van der Waals surface area contributed by atoms with Gasteiger partial charge in [-0.25, -0.2) is 8.42 Å². The van der Waals surface area contributed by atoms with Crippen LogP contribution in [-0.4, -0.2) is 33.7 Å². The standard InChI is InChI=1S/C16H17BrN2O3S/c1-23(21,22)19(13-7-3-2-4-8-13)12-11-18-16(20)14-9-5-6-10-15(14)17/h2-10H,11-12H2,1H3,(H,18,20). The lowest BCUT2D eigenvalue weighted by molar-refractivity contribution is 0.0954. The fourth-order valence-electron chi connectivity index (χ4n) is 2.09. The van der Waals surface area contributed by atoms with Gasteiger partial charge in [0, 0.05) is 11.0 Å². The van der Waals surface area contributed by atoms with Crippen LogP contribution in [0.4, 0.5) is 5.69 Å². The van der Waals surface area contributed by atoms with Gasteiger partial charge >= 0.3 is 0 Å². The van der Waals surface area contributed by atoms with E-state index in [1.807, 2.05) is 12.1 Å². The molecule has 0 aromatic heterocycles. The van der Waals surface area contributed by atoms with Crippen molar-refractivity contribution in [2.75, 3.05) is 23.7 Å². The number of nitrogens with one attached hydrogen (secondary N) is 1. The highest BCUT2D eigenvalue weighted by molar-refractivity contribution is 9.10. The van der Waals surface area contributed by atoms with E-state index in [1.165, 1.54) is 4.31 Å². The van der Waals surface area contributed by atoms with E-state index < -0.39 is 10.0 Å². The normalized spacial score (nSPS) is 11.0. The van der Waals surface area contributed by atoms with E-state index in [4.69, 9.17) is 0 Å². The molecule has 0 saturated heterocycles. The van der Waals surface area contributed by atoms with Crippen LogP contribution in [-0.2, 0) is 10.0 Å². The number of hydrogen-bond donors (Lipinski definition) is 1. The Bertz CT molecular complexity index is 779. The highest BCUT2D eigenvalue weighted by Crippen LogP contribution is 2.17. The molecule has 1 N–H and O–H groups in total. The van der Waals surface area contributed by atoms with Gasteiger partial charge in [0.2, 0.25) is 10.0 Å². The van der Waals surface area contributed by atoms with Crippen molar-refractivity contribution in [1.82, 2.24) is 5.32 Å². The first-order valence-corrected chi connectivity index (χ1v) is 9.59. The summed E-state index contributed by atoms with van der Waals surface area (Å²) in [6.07, 6.45) is 1.15. The molecule has 2 aromatic carbocycles. The molecule has 0 aliphatic rings. The predicted octanol–water partition coefficient (Wildman–Crippen LogP) is 2.65. The van der Waals surface area contributed by atoms with Gasteiger partial charge in [0.1, 0.15) is 0 Å². The molecule has 0 atom stereocenters. The summed E-state index contributed by atoms with van der Waals surface area (Å²) in [5.41, 5.74) is 1.09. The first-order chi connectivity index (χ1) is 10.9. The molecule has 0 radical (unpaired) electrons. The van der Waals surface area contributed by atoms with Gasteiger partial charge in [-0.1, -0.05) is 30.3 Å². The second kappa shape index (κ2) is 7.61. The van der Waals surface area contributed by atoms with Crippen molar-refractivity contribution < 1.29 is 13.2 Å². The number of hydrogen-bond acceptors (Lipinski definition) is 3. The number of nitrogens with zero attached hydrogens (tertiary/aromatic N) is 1. The lowest BCUT2D eigenvalue weighted by Gasteiger charge is -2.22. The van der Waals surface area contributed by atoms with Gasteiger partial charge < -0.3 is 5.32 Å². The number of benzene rings is 2. The Labute approximate surface area is 144 Å². The van der Waals surface area contributed by atoms with Crippen molar-refractivity contribution in [2.24, 2.45) is 0 Å². The molecule has 0 aliphatic heterocycles. The van der Waals surface area contributed by atoms with Crippen molar-refractivity contribution in [3.63, 3.8) is 0 Å². The summed E-state index contributed by atoms with van der Waals surface area (Å²) >= 11 is 3.32. The Balaban J connectivity index is 2.03. The largest absolute Gasteiger partial charge is 0.350 e. The quantitative estimate of drug-likeness (QED) is 0.815. The second-order valence-corrected chi connectivity index (χ2v) is 7.67. The summed E-state index contributed by atoms with van der Waals surface area (Å²) in [5, 5.41) is 2.74. The predicted molar refractivity (Wildman–Crippen MR) is 95.1 cm³/mol. The molecule has 122 valence electrons. The fourth-order valence-corrected chi connectivity index (χ4v) is 3.48. The van der Waals surface area contributed by atoms with E-state index >= 15 is 0 Å². The van der Waals surface area contributed by atoms with Crippen LogP contribution in [0.3, 0.4) is 0 Å². The number of halogens is 1. The lowest BCUT2D eigenvalue weighted by atomic mass is 10.2. The molecule has 5 nitrogen and oxygen atoms in total. The molecular weight excluding hydrogens is 380 g/mol. The first kappa shape index (κ1) is 17.5. The molecule has 0 saturated carbocycles. The summed E-state index contributed by atoms with van der Waals surface area (Å²) in [5.74, 6) is -0.251. The minimum absolute atomic E-state index is 0.166. The number of para-hydroxylation sites is 1. The van der Waals surface area contributed by atoms with E-state index in [1.54, 1.807) is 42.5 Å². The van der Waals surface area contributed by atoms with Crippen LogP contribution >= 0.6 is 15.9 Å². The minimum Gasteiger partial charge on any atom is -0.350 e. The molecule has 7 heteroatoms. The van der Waals surface area contributed by atoms with Crippen LogP contribution in [0.2, 0.25) is 0 Å². The average molecular weight is 397 g/mol. The molecule has 1 amide bonds. The number of rotatable bonds is 6. The van der Waals surface area contributed by atoms with E-state index in [0.717, 1.165) is 6.26 Å². The average Bonchev–Trinajstić information content (AvgIpc) is 2.51. The van der Waals surface area contributed by atoms with Gasteiger partial charge in [-0.3, -0.25) is 9.10 Å². The third-order valence-corrected chi connectivity index (χ3v) is 5.05. The zero-order chi connectivity index (χ0) is 16.9. The van der Waals surface area contributed by atoms with Crippen molar-refractivity contribution in [1.29, 1.82) is 0 Å². The fraction of sp³-hybridized carbons (Fsp3) is 0.188. The smallest absolute Gasteiger partial charge is 0.252 e. The molecule has 2 aromatic rings. The number of anilines is 1. The zero-order valence-corrected chi connectivity index (χ0v) is 15.0. The van der Waals surface area contributed by atoms with E-state index in [9.17, 15) is 13.2 Å².